The van der Waals surface area contributed by atoms with Crippen LogP contribution in [-0.4, -0.2) is 19.5 Å². The first-order valence-corrected chi connectivity index (χ1v) is 5.31. The van der Waals surface area contributed by atoms with Gasteiger partial charge in [0.2, 0.25) is 0 Å². The predicted octanol–water partition coefficient (Wildman–Crippen LogP) is 3.11. The molecule has 0 saturated carbocycles. The summed E-state index contributed by atoms with van der Waals surface area (Å²) >= 11 is 3.37. The van der Waals surface area contributed by atoms with Crippen molar-refractivity contribution in [3.63, 3.8) is 0 Å². The molecule has 0 aliphatic rings. The van der Waals surface area contributed by atoms with E-state index in [1.807, 2.05) is 18.2 Å². The molecule has 0 aromatic heterocycles. The van der Waals surface area contributed by atoms with E-state index in [0.717, 1.165) is 28.0 Å². The molecule has 0 bridgehead atoms. The molecule has 0 spiro atoms. The first-order chi connectivity index (χ1) is 6.72. The van der Waals surface area contributed by atoms with Crippen LogP contribution in [0.2, 0.25) is 0 Å². The summed E-state index contributed by atoms with van der Waals surface area (Å²) in [6.07, 6.45) is 0. The Morgan fingerprint density at radius 2 is 2.07 bits per heavy atom. The second-order valence-corrected chi connectivity index (χ2v) is 3.36. The van der Waals surface area contributed by atoms with E-state index in [4.69, 9.17) is 9.47 Å². The Morgan fingerprint density at radius 3 is 2.57 bits per heavy atom. The molecule has 1 aromatic carbocycles. The van der Waals surface area contributed by atoms with Gasteiger partial charge in [-0.2, -0.15) is 0 Å². The third-order valence-corrected chi connectivity index (χ3v) is 2.63. The topological polar surface area (TPSA) is 18.5 Å². The van der Waals surface area contributed by atoms with Crippen molar-refractivity contribution in [3.05, 3.63) is 30.3 Å². The largest absolute Gasteiger partial charge is 0.497 e. The molecule has 0 fully saturated rings. The van der Waals surface area contributed by atoms with Crippen LogP contribution in [0.1, 0.15) is 5.56 Å². The summed E-state index contributed by atoms with van der Waals surface area (Å²) in [5.74, 6) is 1.62. The minimum atomic E-state index is 0.719. The minimum Gasteiger partial charge on any atom is -0.497 e. The number of halogens is 1. The van der Waals surface area contributed by atoms with Gasteiger partial charge in [0, 0.05) is 10.9 Å². The first-order valence-electron chi connectivity index (χ1n) is 4.19. The second kappa shape index (κ2) is 5.05. The van der Waals surface area contributed by atoms with Gasteiger partial charge in [0.1, 0.15) is 11.5 Å². The summed E-state index contributed by atoms with van der Waals surface area (Å²) in [5.41, 5.74) is 1.95. The molecule has 3 heteroatoms. The molecule has 0 aliphatic heterocycles. The van der Waals surface area contributed by atoms with Gasteiger partial charge in [0.15, 0.2) is 0 Å². The Bertz CT molecular complexity index is 334. The molecular formula is C11H13BrO2. The summed E-state index contributed by atoms with van der Waals surface area (Å²) in [6, 6.07) is 5.66. The Hall–Kier alpha value is -0.960. The number of rotatable bonds is 4. The van der Waals surface area contributed by atoms with Gasteiger partial charge < -0.3 is 9.47 Å². The summed E-state index contributed by atoms with van der Waals surface area (Å²) < 4.78 is 10.4. The zero-order chi connectivity index (χ0) is 10.6. The molecule has 1 aromatic rings. The van der Waals surface area contributed by atoms with Gasteiger partial charge in [-0.25, -0.2) is 0 Å². The zero-order valence-corrected chi connectivity index (χ0v) is 9.93. The van der Waals surface area contributed by atoms with E-state index >= 15 is 0 Å². The lowest BCUT2D eigenvalue weighted by molar-refractivity contribution is 0.402. The molecule has 1 rings (SSSR count). The summed E-state index contributed by atoms with van der Waals surface area (Å²) in [6.45, 7) is 3.95. The van der Waals surface area contributed by atoms with Gasteiger partial charge in [0.05, 0.1) is 14.2 Å². The van der Waals surface area contributed by atoms with Gasteiger partial charge >= 0.3 is 0 Å². The monoisotopic (exact) mass is 256 g/mol. The number of alkyl halides is 1. The molecule has 2 nitrogen and oxygen atoms in total. The Labute approximate surface area is 92.7 Å². The number of methoxy groups -OCH3 is 2. The normalized spacial score (nSPS) is 9.64. The van der Waals surface area contributed by atoms with Crippen molar-refractivity contribution in [1.82, 2.24) is 0 Å². The highest BCUT2D eigenvalue weighted by molar-refractivity contribution is 9.09. The van der Waals surface area contributed by atoms with Crippen LogP contribution in [0.3, 0.4) is 0 Å². The SMILES string of the molecule is C=C(CBr)c1cc(OC)ccc1OC. The fraction of sp³-hybridized carbons (Fsp3) is 0.273. The van der Waals surface area contributed by atoms with E-state index in [2.05, 4.69) is 22.5 Å². The van der Waals surface area contributed by atoms with Crippen LogP contribution in [-0.2, 0) is 0 Å². The maximum atomic E-state index is 5.23. The molecule has 0 aliphatic carbocycles. The van der Waals surface area contributed by atoms with Gasteiger partial charge in [-0.3, -0.25) is 0 Å². The smallest absolute Gasteiger partial charge is 0.126 e. The van der Waals surface area contributed by atoms with Crippen LogP contribution in [0.25, 0.3) is 5.57 Å². The van der Waals surface area contributed by atoms with Crippen LogP contribution in [0.5, 0.6) is 11.5 Å². The maximum Gasteiger partial charge on any atom is 0.126 e. The van der Waals surface area contributed by atoms with Crippen molar-refractivity contribution < 1.29 is 9.47 Å². The van der Waals surface area contributed by atoms with Gasteiger partial charge in [-0.05, 0) is 23.8 Å². The van der Waals surface area contributed by atoms with E-state index in [0.29, 0.717) is 0 Å². The summed E-state index contributed by atoms with van der Waals surface area (Å²) in [5, 5.41) is 0.719. The van der Waals surface area contributed by atoms with E-state index in [-0.39, 0.29) is 0 Å². The van der Waals surface area contributed by atoms with Gasteiger partial charge in [0.25, 0.3) is 0 Å². The molecule has 0 saturated heterocycles. The Kier molecular flexibility index (Phi) is 4.01. The standard InChI is InChI=1S/C11H13BrO2/c1-8(7-12)10-6-9(13-2)4-5-11(10)14-3/h4-6H,1,7H2,2-3H3. The third kappa shape index (κ3) is 2.29. The fourth-order valence-corrected chi connectivity index (χ4v) is 1.46. The molecule has 0 atom stereocenters. The number of benzene rings is 1. The lowest BCUT2D eigenvalue weighted by Gasteiger charge is -2.10. The van der Waals surface area contributed by atoms with Crippen molar-refractivity contribution in [2.45, 2.75) is 0 Å². The zero-order valence-electron chi connectivity index (χ0n) is 8.34. The van der Waals surface area contributed by atoms with Crippen molar-refractivity contribution in [2.24, 2.45) is 0 Å². The first kappa shape index (κ1) is 11.1. The van der Waals surface area contributed by atoms with Crippen LogP contribution in [0.15, 0.2) is 24.8 Å². The minimum absolute atomic E-state index is 0.719. The van der Waals surface area contributed by atoms with Crippen molar-refractivity contribution in [2.75, 3.05) is 19.5 Å². The van der Waals surface area contributed by atoms with E-state index in [1.54, 1.807) is 14.2 Å². The summed E-state index contributed by atoms with van der Waals surface area (Å²) in [4.78, 5) is 0. The highest BCUT2D eigenvalue weighted by Crippen LogP contribution is 2.29. The third-order valence-electron chi connectivity index (χ3n) is 1.95. The molecule has 0 heterocycles. The summed E-state index contributed by atoms with van der Waals surface area (Å²) in [7, 11) is 3.29. The van der Waals surface area contributed by atoms with Crippen molar-refractivity contribution >= 4 is 21.5 Å². The highest BCUT2D eigenvalue weighted by atomic mass is 79.9. The Morgan fingerprint density at radius 1 is 1.36 bits per heavy atom. The van der Waals surface area contributed by atoms with Crippen LogP contribution in [0.4, 0.5) is 0 Å². The van der Waals surface area contributed by atoms with Crippen LogP contribution >= 0.6 is 15.9 Å². The molecule has 0 amide bonds. The quantitative estimate of drug-likeness (QED) is 0.771. The van der Waals surface area contributed by atoms with Crippen molar-refractivity contribution in [3.8, 4) is 11.5 Å². The fourth-order valence-electron chi connectivity index (χ4n) is 1.16. The van der Waals surface area contributed by atoms with Crippen LogP contribution < -0.4 is 9.47 Å². The molecule has 76 valence electrons. The molecule has 0 N–H and O–H groups in total. The molecule has 14 heavy (non-hydrogen) atoms. The van der Waals surface area contributed by atoms with Crippen molar-refractivity contribution in [1.29, 1.82) is 0 Å². The molecule has 0 radical (unpaired) electrons. The van der Waals surface area contributed by atoms with Gasteiger partial charge in [-0.15, -0.1) is 0 Å². The number of hydrogen-bond acceptors (Lipinski definition) is 2. The predicted molar refractivity (Wildman–Crippen MR) is 62.4 cm³/mol. The highest BCUT2D eigenvalue weighted by Gasteiger charge is 2.07. The van der Waals surface area contributed by atoms with E-state index in [1.165, 1.54) is 0 Å². The Balaban J connectivity index is 3.14. The van der Waals surface area contributed by atoms with Gasteiger partial charge in [-0.1, -0.05) is 22.5 Å². The van der Waals surface area contributed by atoms with E-state index in [9.17, 15) is 0 Å². The molecule has 0 unspecified atom stereocenters. The lowest BCUT2D eigenvalue weighted by atomic mass is 10.1. The number of allylic oxidation sites excluding steroid dienone is 1. The number of ether oxygens (including phenoxy) is 2. The second-order valence-electron chi connectivity index (χ2n) is 2.80. The number of hydrogen-bond donors (Lipinski definition) is 0. The van der Waals surface area contributed by atoms with E-state index < -0.39 is 0 Å². The van der Waals surface area contributed by atoms with Crippen LogP contribution in [0, 0.1) is 0 Å². The average molecular weight is 257 g/mol. The molecular weight excluding hydrogens is 244 g/mol. The maximum absolute atomic E-state index is 5.23. The average Bonchev–Trinajstić information content (AvgIpc) is 2.27. The lowest BCUT2D eigenvalue weighted by Crippen LogP contribution is -1.93.